The van der Waals surface area contributed by atoms with Gasteiger partial charge in [-0.25, -0.2) is 0 Å². The van der Waals surface area contributed by atoms with Gasteiger partial charge in [-0.05, 0) is 5.56 Å². The number of hydrogen-bond acceptors (Lipinski definition) is 8. The van der Waals surface area contributed by atoms with Crippen molar-refractivity contribution in [2.45, 2.75) is 69.6 Å². The maximum absolute atomic E-state index is 10.0. The van der Waals surface area contributed by atoms with E-state index in [4.69, 9.17) is 10.9 Å². The zero-order chi connectivity index (χ0) is 34.3. The number of terminal acetylenes is 1. The van der Waals surface area contributed by atoms with E-state index in [1.165, 1.54) is 0 Å². The van der Waals surface area contributed by atoms with Gasteiger partial charge in [0.2, 0.25) is 0 Å². The number of rotatable bonds is 5. The standard InChI is InChI=1S/C10H9NOS.C7H8N2O.C7H6O.C3H4S.3C2H6.CH3I2.3CH4/c13-7-9-6-10(11-12-9)8-4-2-1-3-5-8;8-10-9-6-7-4-2-1-3-5-7;8-6-7-4-2-1-3-5-7;1-2-3-4;3*1-2;1-3-2;;;/h1-6,13H,7H2;1-6H,8H2;1-6H;1,4H,3H2;3*1-2H3;1H3;3*1H4/q;;;;;;;-1;;;. The maximum atomic E-state index is 10.0. The van der Waals surface area contributed by atoms with Crippen molar-refractivity contribution in [1.82, 2.24) is 5.16 Å². The number of oxime groups is 1. The topological polar surface area (TPSA) is 90.7 Å². The van der Waals surface area contributed by atoms with Crippen LogP contribution in [0.15, 0.2) is 107 Å². The fraction of sp³-hybridized carbons (Fsp3) is 0.324. The van der Waals surface area contributed by atoms with Gasteiger partial charge >= 0.3 is 40.8 Å². The van der Waals surface area contributed by atoms with Crippen LogP contribution in [0.3, 0.4) is 0 Å². The molecule has 0 saturated heterocycles. The molecule has 0 fully saturated rings. The van der Waals surface area contributed by atoms with E-state index in [-0.39, 0.29) is 22.3 Å². The van der Waals surface area contributed by atoms with Crippen molar-refractivity contribution in [3.05, 3.63) is 114 Å². The number of carbonyl (C=O) groups is 1. The third kappa shape index (κ3) is 39.8. The van der Waals surface area contributed by atoms with Crippen molar-refractivity contribution in [2.24, 2.45) is 11.1 Å². The largest absolute Gasteiger partial charge is 0.360 e. The Bertz CT molecular complexity index is 1160. The van der Waals surface area contributed by atoms with Gasteiger partial charge in [0, 0.05) is 17.2 Å². The Labute approximate surface area is 319 Å². The fourth-order valence-electron chi connectivity index (χ4n) is 2.29. The minimum atomic E-state index is 0. The van der Waals surface area contributed by atoms with Crippen LogP contribution in [0.25, 0.3) is 11.3 Å². The molecule has 0 spiro atoms. The molecule has 0 aliphatic carbocycles. The molecule has 47 heavy (non-hydrogen) atoms. The van der Waals surface area contributed by atoms with Crippen LogP contribution in [-0.2, 0) is 10.7 Å². The van der Waals surface area contributed by atoms with Gasteiger partial charge in [-0.3, -0.25) is 4.79 Å². The van der Waals surface area contributed by atoms with Gasteiger partial charge < -0.3 is 9.46 Å². The molecule has 0 saturated carbocycles. The van der Waals surface area contributed by atoms with Crippen molar-refractivity contribution in [3.63, 3.8) is 0 Å². The number of nitrogens with two attached hydrogens (primary N) is 1. The van der Waals surface area contributed by atoms with E-state index in [1.54, 1.807) is 18.3 Å². The SMILES string of the molecule is C.C.C.C#CCS.CC.CC.CC.C[I-]I.NON=Cc1ccccc1.O=Cc1ccccc1.SCc1cc(-c2ccccc2)no1. The van der Waals surface area contributed by atoms with Crippen molar-refractivity contribution in [1.29, 1.82) is 0 Å². The monoisotopic (exact) mass is 912 g/mol. The Morgan fingerprint density at radius 3 is 1.55 bits per heavy atom. The molecule has 3 aromatic carbocycles. The minimum Gasteiger partial charge on any atom is -0.360 e. The molecule has 2 N–H and O–H groups in total. The van der Waals surface area contributed by atoms with Gasteiger partial charge in [0.15, 0.2) is 0 Å². The number of carbonyl (C=O) groups excluding carboxylic acids is 1. The summed E-state index contributed by atoms with van der Waals surface area (Å²) in [6.07, 6.45) is 7.08. The summed E-state index contributed by atoms with van der Waals surface area (Å²) in [4.78, 5) is 16.2. The number of aldehydes is 1. The molecule has 10 heteroatoms. The summed E-state index contributed by atoms with van der Waals surface area (Å²) < 4.78 is 5.04. The van der Waals surface area contributed by atoms with Gasteiger partial charge in [0.05, 0.1) is 17.7 Å². The first-order valence-electron chi connectivity index (χ1n) is 13.8. The molecule has 4 aromatic rings. The number of thiol groups is 2. The molecule has 0 bridgehead atoms. The Kier molecular flexibility index (Phi) is 68.0. The normalized spacial score (nSPS) is 7.70. The average molecular weight is 913 g/mol. The predicted molar refractivity (Wildman–Crippen MR) is 223 cm³/mol. The maximum Gasteiger partial charge on any atom is 0.150 e. The van der Waals surface area contributed by atoms with E-state index in [2.05, 4.69) is 75.9 Å². The summed E-state index contributed by atoms with van der Waals surface area (Å²) in [6.45, 7) is 12.0. The van der Waals surface area contributed by atoms with E-state index >= 15 is 0 Å². The van der Waals surface area contributed by atoms with Gasteiger partial charge in [0.1, 0.15) is 17.7 Å². The van der Waals surface area contributed by atoms with Crippen LogP contribution < -0.4 is 23.1 Å². The third-order valence-corrected chi connectivity index (χ3v) is 4.37. The van der Waals surface area contributed by atoms with Gasteiger partial charge in [0.25, 0.3) is 0 Å². The molecular weight excluding hydrogens is 852 g/mol. The van der Waals surface area contributed by atoms with Gasteiger partial charge in [-0.2, -0.15) is 25.3 Å². The number of alkyl halides is 1. The Hall–Kier alpha value is -2.31. The summed E-state index contributed by atoms with van der Waals surface area (Å²) >= 11 is 10.7. The zero-order valence-electron chi connectivity index (χ0n) is 26.7. The van der Waals surface area contributed by atoms with Crippen LogP contribution in [0.2, 0.25) is 0 Å². The van der Waals surface area contributed by atoms with Gasteiger partial charge in [-0.15, -0.1) is 12.3 Å². The molecular formula is C37H60I2N3O3S2-. The summed E-state index contributed by atoms with van der Waals surface area (Å²) in [5.74, 6) is 8.89. The zero-order valence-corrected chi connectivity index (χ0v) is 32.8. The molecule has 0 aliphatic heterocycles. The number of aromatic nitrogens is 1. The molecule has 6 nitrogen and oxygen atoms in total. The molecule has 1 aromatic heterocycles. The summed E-state index contributed by atoms with van der Waals surface area (Å²) in [5, 5.41) is 7.33. The minimum absolute atomic E-state index is 0. The fourth-order valence-corrected chi connectivity index (χ4v) is 2.44. The third-order valence-electron chi connectivity index (χ3n) is 3.87. The number of benzene rings is 3. The van der Waals surface area contributed by atoms with Crippen molar-refractivity contribution in [3.8, 4) is 23.6 Å². The smallest absolute Gasteiger partial charge is 0.150 e. The van der Waals surface area contributed by atoms with Crippen LogP contribution in [0.1, 0.15) is 85.5 Å². The van der Waals surface area contributed by atoms with E-state index in [9.17, 15) is 4.79 Å². The van der Waals surface area contributed by atoms with Crippen LogP contribution in [-0.4, -0.2) is 28.3 Å². The van der Waals surface area contributed by atoms with Crippen LogP contribution in [0, 0.1) is 12.3 Å². The van der Waals surface area contributed by atoms with Crippen molar-refractivity contribution in [2.75, 3.05) is 10.7 Å². The molecule has 0 amide bonds. The molecule has 4 rings (SSSR count). The van der Waals surface area contributed by atoms with Crippen LogP contribution in [0.5, 0.6) is 0 Å². The second-order valence-electron chi connectivity index (χ2n) is 6.49. The van der Waals surface area contributed by atoms with E-state index in [1.807, 2.05) is 126 Å². The van der Waals surface area contributed by atoms with Crippen molar-refractivity contribution < 1.29 is 31.5 Å². The molecule has 1 heterocycles. The second-order valence-corrected chi connectivity index (χ2v) is 13.4. The first kappa shape index (κ1) is 60.1. The Balaban J connectivity index is -0.0000000855. The first-order valence-corrected chi connectivity index (χ1v) is 23.5. The van der Waals surface area contributed by atoms with Gasteiger partial charge in [-0.1, -0.05) is 171 Å². The van der Waals surface area contributed by atoms with Crippen LogP contribution in [0.4, 0.5) is 0 Å². The van der Waals surface area contributed by atoms with E-state index < -0.39 is 0 Å². The number of halogens is 2. The Morgan fingerprint density at radius 2 is 1.26 bits per heavy atom. The first-order chi connectivity index (χ1) is 21.6. The van der Waals surface area contributed by atoms with Crippen molar-refractivity contribution >= 4 is 56.4 Å². The Morgan fingerprint density at radius 1 is 0.872 bits per heavy atom. The molecule has 268 valence electrons. The molecule has 0 radical (unpaired) electrons. The van der Waals surface area contributed by atoms with E-state index in [0.717, 1.165) is 34.4 Å². The molecule has 0 atom stereocenters. The number of nitrogens with zero attached hydrogens (tertiary/aromatic N) is 2. The number of hydrogen-bond donors (Lipinski definition) is 3. The molecule has 0 aliphatic rings. The summed E-state index contributed by atoms with van der Waals surface area (Å²) in [7, 11) is 0. The van der Waals surface area contributed by atoms with E-state index in [0.29, 0.717) is 28.7 Å². The second kappa shape index (κ2) is 53.2. The molecule has 0 unspecified atom stereocenters. The summed E-state index contributed by atoms with van der Waals surface area (Å²) in [6, 6.07) is 30.5. The summed E-state index contributed by atoms with van der Waals surface area (Å²) in [5.41, 5.74) is 3.63. The predicted octanol–water partition coefficient (Wildman–Crippen LogP) is 8.77. The van der Waals surface area contributed by atoms with Crippen LogP contribution >= 0.6 is 43.9 Å². The average Bonchev–Trinajstić information content (AvgIpc) is 3.62. The quantitative estimate of drug-likeness (QED) is 0.0355.